The lowest BCUT2D eigenvalue weighted by molar-refractivity contribution is 0.285. The van der Waals surface area contributed by atoms with Crippen molar-refractivity contribution in [2.45, 2.75) is 27.3 Å². The van der Waals surface area contributed by atoms with Crippen molar-refractivity contribution in [3.8, 4) is 5.69 Å². The number of aromatic nitrogens is 2. The van der Waals surface area contributed by atoms with Crippen LogP contribution in [0.3, 0.4) is 0 Å². The molecule has 3 rings (SSSR count). The summed E-state index contributed by atoms with van der Waals surface area (Å²) < 4.78 is 1.73. The Labute approximate surface area is 147 Å². The lowest BCUT2D eigenvalue weighted by atomic mass is 10.1. The average Bonchev–Trinajstić information content (AvgIpc) is 2.61. The topological polar surface area (TPSA) is 64.2 Å². The summed E-state index contributed by atoms with van der Waals surface area (Å²) in [7, 11) is 0. The number of hydrogen-bond donors (Lipinski definition) is 1. The van der Waals surface area contributed by atoms with E-state index in [-0.39, 0.29) is 5.56 Å². The van der Waals surface area contributed by atoms with Gasteiger partial charge >= 0.3 is 0 Å². The molecule has 0 amide bonds. The third-order valence-corrected chi connectivity index (χ3v) is 4.58. The van der Waals surface area contributed by atoms with Crippen molar-refractivity contribution < 1.29 is 0 Å². The number of rotatable bonds is 5. The predicted molar refractivity (Wildman–Crippen MR) is 103 cm³/mol. The molecule has 0 saturated carbocycles. The van der Waals surface area contributed by atoms with Gasteiger partial charge in [-0.1, -0.05) is 32.0 Å². The van der Waals surface area contributed by atoms with Crippen molar-refractivity contribution in [3.05, 3.63) is 64.2 Å². The largest absolute Gasteiger partial charge is 0.399 e. The van der Waals surface area contributed by atoms with Crippen LogP contribution >= 0.6 is 0 Å². The molecule has 0 radical (unpaired) electrons. The number of nitrogens with zero attached hydrogens (tertiary/aromatic N) is 3. The van der Waals surface area contributed by atoms with Crippen molar-refractivity contribution in [1.82, 2.24) is 14.5 Å². The Morgan fingerprint density at radius 1 is 1.12 bits per heavy atom. The van der Waals surface area contributed by atoms with Crippen LogP contribution in [-0.2, 0) is 6.54 Å². The highest BCUT2D eigenvalue weighted by Gasteiger charge is 2.16. The van der Waals surface area contributed by atoms with Crippen molar-refractivity contribution >= 4 is 16.6 Å². The summed E-state index contributed by atoms with van der Waals surface area (Å²) in [4.78, 5) is 20.3. The molecule has 5 heteroatoms. The molecule has 0 unspecified atom stereocenters. The number of para-hydroxylation sites is 1. The lowest BCUT2D eigenvalue weighted by Crippen LogP contribution is -2.30. The second-order valence-corrected chi connectivity index (χ2v) is 6.19. The van der Waals surface area contributed by atoms with Gasteiger partial charge in [0.05, 0.1) is 23.1 Å². The SMILES string of the molecule is CCN(CC)Cc1nc2ccc(N)cc2c(=O)n1-c1ccccc1C. The standard InChI is InChI=1S/C20H24N4O/c1-4-23(5-2)13-19-22-17-11-10-15(21)12-16(17)20(25)24(19)18-9-7-6-8-14(18)3/h6-12H,4-5,13,21H2,1-3H3. The Hall–Kier alpha value is -2.66. The van der Waals surface area contributed by atoms with E-state index in [4.69, 9.17) is 10.7 Å². The van der Waals surface area contributed by atoms with Gasteiger partial charge in [-0.3, -0.25) is 14.3 Å². The molecule has 0 saturated heterocycles. The van der Waals surface area contributed by atoms with Gasteiger partial charge in [-0.2, -0.15) is 0 Å². The van der Waals surface area contributed by atoms with Gasteiger partial charge < -0.3 is 5.73 Å². The Morgan fingerprint density at radius 3 is 2.52 bits per heavy atom. The van der Waals surface area contributed by atoms with E-state index in [0.717, 1.165) is 30.2 Å². The van der Waals surface area contributed by atoms with Crippen LogP contribution in [0.15, 0.2) is 47.3 Å². The highest BCUT2D eigenvalue weighted by atomic mass is 16.1. The molecule has 1 heterocycles. The normalized spacial score (nSPS) is 11.4. The Balaban J connectivity index is 2.32. The van der Waals surface area contributed by atoms with E-state index < -0.39 is 0 Å². The highest BCUT2D eigenvalue weighted by Crippen LogP contribution is 2.18. The van der Waals surface area contributed by atoms with E-state index >= 15 is 0 Å². The van der Waals surface area contributed by atoms with Crippen LogP contribution in [0.5, 0.6) is 0 Å². The molecule has 2 aromatic carbocycles. The van der Waals surface area contributed by atoms with Crippen molar-refractivity contribution in [2.75, 3.05) is 18.8 Å². The third kappa shape index (κ3) is 3.28. The van der Waals surface area contributed by atoms with Crippen molar-refractivity contribution in [1.29, 1.82) is 0 Å². The molecular formula is C20H24N4O. The number of nitrogens with two attached hydrogens (primary N) is 1. The van der Waals surface area contributed by atoms with Gasteiger partial charge in [0.25, 0.3) is 5.56 Å². The number of nitrogen functional groups attached to an aromatic ring is 1. The summed E-state index contributed by atoms with van der Waals surface area (Å²) in [5.41, 5.74) is 8.97. The minimum absolute atomic E-state index is 0.0752. The number of aryl methyl sites for hydroxylation is 1. The summed E-state index contributed by atoms with van der Waals surface area (Å²) in [6.45, 7) is 8.66. The average molecular weight is 336 g/mol. The minimum atomic E-state index is -0.0752. The van der Waals surface area contributed by atoms with Crippen LogP contribution in [0.25, 0.3) is 16.6 Å². The molecule has 0 aliphatic heterocycles. The zero-order valence-electron chi connectivity index (χ0n) is 15.0. The van der Waals surface area contributed by atoms with Gasteiger partial charge in [0, 0.05) is 5.69 Å². The van der Waals surface area contributed by atoms with E-state index in [1.807, 2.05) is 37.3 Å². The molecule has 0 spiro atoms. The van der Waals surface area contributed by atoms with Crippen LogP contribution in [0.1, 0.15) is 25.2 Å². The first-order valence-electron chi connectivity index (χ1n) is 8.64. The van der Waals surface area contributed by atoms with Gasteiger partial charge in [-0.05, 0) is 49.8 Å². The van der Waals surface area contributed by atoms with Gasteiger partial charge in [0.1, 0.15) is 5.82 Å². The van der Waals surface area contributed by atoms with E-state index in [1.165, 1.54) is 0 Å². The fourth-order valence-electron chi connectivity index (χ4n) is 3.07. The second kappa shape index (κ2) is 7.07. The lowest BCUT2D eigenvalue weighted by Gasteiger charge is -2.21. The molecule has 1 aromatic heterocycles. The zero-order valence-corrected chi connectivity index (χ0v) is 15.0. The summed E-state index contributed by atoms with van der Waals surface area (Å²) in [6, 6.07) is 13.2. The maximum Gasteiger partial charge on any atom is 0.266 e. The Kier molecular flexibility index (Phi) is 4.86. The monoisotopic (exact) mass is 336 g/mol. The fraction of sp³-hybridized carbons (Fsp3) is 0.300. The van der Waals surface area contributed by atoms with Gasteiger partial charge in [0.2, 0.25) is 0 Å². The molecule has 0 aliphatic carbocycles. The van der Waals surface area contributed by atoms with E-state index in [0.29, 0.717) is 23.1 Å². The maximum absolute atomic E-state index is 13.3. The molecule has 3 aromatic rings. The summed E-state index contributed by atoms with van der Waals surface area (Å²) >= 11 is 0. The minimum Gasteiger partial charge on any atom is -0.399 e. The van der Waals surface area contributed by atoms with Crippen LogP contribution in [0, 0.1) is 6.92 Å². The first-order valence-corrected chi connectivity index (χ1v) is 8.64. The predicted octanol–water partition coefficient (Wildman–Crippen LogP) is 3.12. The second-order valence-electron chi connectivity index (χ2n) is 6.19. The van der Waals surface area contributed by atoms with Gasteiger partial charge in [-0.15, -0.1) is 0 Å². The van der Waals surface area contributed by atoms with Gasteiger partial charge in [-0.25, -0.2) is 4.98 Å². The first kappa shape index (κ1) is 17.2. The maximum atomic E-state index is 13.3. The highest BCUT2D eigenvalue weighted by molar-refractivity contribution is 5.81. The van der Waals surface area contributed by atoms with E-state index in [1.54, 1.807) is 16.7 Å². The smallest absolute Gasteiger partial charge is 0.266 e. The summed E-state index contributed by atoms with van der Waals surface area (Å²) in [5.74, 6) is 0.750. The number of fused-ring (bicyclic) bond motifs is 1. The summed E-state index contributed by atoms with van der Waals surface area (Å²) in [6.07, 6.45) is 0. The van der Waals surface area contributed by atoms with Crippen molar-refractivity contribution in [2.24, 2.45) is 0 Å². The molecule has 5 nitrogen and oxygen atoms in total. The molecule has 0 aliphatic rings. The van der Waals surface area contributed by atoms with Crippen molar-refractivity contribution in [3.63, 3.8) is 0 Å². The summed E-state index contributed by atoms with van der Waals surface area (Å²) in [5, 5.41) is 0.548. The van der Waals surface area contributed by atoms with Crippen LogP contribution in [-0.4, -0.2) is 27.5 Å². The molecule has 130 valence electrons. The van der Waals surface area contributed by atoms with E-state index in [2.05, 4.69) is 18.7 Å². The number of hydrogen-bond acceptors (Lipinski definition) is 4. The zero-order chi connectivity index (χ0) is 18.0. The van der Waals surface area contributed by atoms with E-state index in [9.17, 15) is 4.79 Å². The third-order valence-electron chi connectivity index (χ3n) is 4.58. The van der Waals surface area contributed by atoms with Crippen LogP contribution < -0.4 is 11.3 Å². The number of anilines is 1. The Bertz CT molecular complexity index is 958. The molecule has 25 heavy (non-hydrogen) atoms. The first-order chi connectivity index (χ1) is 12.0. The molecule has 2 N–H and O–H groups in total. The Morgan fingerprint density at radius 2 is 1.84 bits per heavy atom. The quantitative estimate of drug-likeness (QED) is 0.727. The van der Waals surface area contributed by atoms with Gasteiger partial charge in [0.15, 0.2) is 0 Å². The molecule has 0 bridgehead atoms. The molecular weight excluding hydrogens is 312 g/mol. The van der Waals surface area contributed by atoms with Crippen LogP contribution in [0.4, 0.5) is 5.69 Å². The molecule has 0 fully saturated rings. The van der Waals surface area contributed by atoms with Crippen LogP contribution in [0.2, 0.25) is 0 Å². The number of benzene rings is 2. The fourth-order valence-corrected chi connectivity index (χ4v) is 3.07. The molecule has 0 atom stereocenters.